The van der Waals surface area contributed by atoms with Gasteiger partial charge in [0.2, 0.25) is 11.8 Å². The maximum atomic E-state index is 12.1. The smallest absolute Gasteiger partial charge is 0.341 e. The van der Waals surface area contributed by atoms with Crippen molar-refractivity contribution in [3.05, 3.63) is 29.8 Å². The predicted octanol–water partition coefficient (Wildman–Crippen LogP) is 0.635. The van der Waals surface area contributed by atoms with Crippen molar-refractivity contribution in [2.75, 3.05) is 20.2 Å². The zero-order chi connectivity index (χ0) is 16.8. The number of likely N-dealkylation sites (tertiary alicyclic amines) is 1. The number of piperidine rings is 1. The molecule has 1 atom stereocenters. The lowest BCUT2D eigenvalue weighted by Gasteiger charge is -2.27. The molecule has 7 nitrogen and oxygen atoms in total. The van der Waals surface area contributed by atoms with Crippen molar-refractivity contribution in [2.24, 2.45) is 5.92 Å². The number of hydrogen-bond donors (Lipinski definition) is 2. The molecule has 1 heterocycles. The fourth-order valence-corrected chi connectivity index (χ4v) is 2.39. The molecular weight excluding hydrogens is 300 g/mol. The van der Waals surface area contributed by atoms with E-state index in [2.05, 4.69) is 5.32 Å². The van der Waals surface area contributed by atoms with E-state index in [1.165, 1.54) is 0 Å². The molecule has 0 aromatic heterocycles. The summed E-state index contributed by atoms with van der Waals surface area (Å²) in [6.45, 7) is 0.493. The quantitative estimate of drug-likeness (QED) is 0.802. The van der Waals surface area contributed by atoms with Gasteiger partial charge >= 0.3 is 5.97 Å². The monoisotopic (exact) mass is 320 g/mol. The molecule has 1 saturated heterocycles. The van der Waals surface area contributed by atoms with Crippen LogP contribution in [0.5, 0.6) is 5.75 Å². The summed E-state index contributed by atoms with van der Waals surface area (Å²) in [5.74, 6) is -1.04. The SMILES string of the molecule is CN1CC[C@@H](C(=O)NCc2cccc(OCC(=O)O)c2)CC1=O. The van der Waals surface area contributed by atoms with E-state index in [1.54, 1.807) is 30.1 Å². The highest BCUT2D eigenvalue weighted by atomic mass is 16.5. The molecule has 2 N–H and O–H groups in total. The number of carboxylic acid groups (broad SMARTS) is 1. The van der Waals surface area contributed by atoms with Gasteiger partial charge in [-0.2, -0.15) is 0 Å². The first-order chi connectivity index (χ1) is 11.0. The summed E-state index contributed by atoms with van der Waals surface area (Å²) in [6.07, 6.45) is 0.903. The van der Waals surface area contributed by atoms with Gasteiger partial charge in [0.1, 0.15) is 5.75 Å². The third-order valence-electron chi connectivity index (χ3n) is 3.76. The van der Waals surface area contributed by atoms with Crippen LogP contribution in [-0.2, 0) is 20.9 Å². The van der Waals surface area contributed by atoms with Gasteiger partial charge in [0.05, 0.1) is 0 Å². The second kappa shape index (κ2) is 7.62. The van der Waals surface area contributed by atoms with Crippen LogP contribution in [0.2, 0.25) is 0 Å². The number of hydrogen-bond acceptors (Lipinski definition) is 4. The molecular formula is C16H20N2O5. The lowest BCUT2D eigenvalue weighted by molar-refractivity contribution is -0.139. The Labute approximate surface area is 134 Å². The average Bonchev–Trinajstić information content (AvgIpc) is 2.53. The van der Waals surface area contributed by atoms with Crippen LogP contribution in [0.3, 0.4) is 0 Å². The van der Waals surface area contributed by atoms with Crippen LogP contribution in [0, 0.1) is 5.92 Å². The average molecular weight is 320 g/mol. The van der Waals surface area contributed by atoms with Crippen LogP contribution >= 0.6 is 0 Å². The molecule has 2 rings (SSSR count). The molecule has 0 saturated carbocycles. The highest BCUT2D eigenvalue weighted by Crippen LogP contribution is 2.18. The van der Waals surface area contributed by atoms with E-state index >= 15 is 0 Å². The van der Waals surface area contributed by atoms with Crippen LogP contribution in [-0.4, -0.2) is 48.0 Å². The zero-order valence-corrected chi connectivity index (χ0v) is 12.9. The van der Waals surface area contributed by atoms with Crippen molar-refractivity contribution in [1.29, 1.82) is 0 Å². The number of carbonyl (C=O) groups excluding carboxylic acids is 2. The van der Waals surface area contributed by atoms with Crippen molar-refractivity contribution in [2.45, 2.75) is 19.4 Å². The van der Waals surface area contributed by atoms with Crippen LogP contribution in [0.15, 0.2) is 24.3 Å². The molecule has 0 unspecified atom stereocenters. The van der Waals surface area contributed by atoms with Gasteiger partial charge in [-0.1, -0.05) is 12.1 Å². The van der Waals surface area contributed by atoms with Crippen molar-refractivity contribution in [3.8, 4) is 5.75 Å². The number of amides is 2. The largest absolute Gasteiger partial charge is 0.482 e. The molecule has 1 aromatic carbocycles. The molecule has 23 heavy (non-hydrogen) atoms. The van der Waals surface area contributed by atoms with Gasteiger partial charge in [0.25, 0.3) is 0 Å². The van der Waals surface area contributed by atoms with Crippen LogP contribution < -0.4 is 10.1 Å². The van der Waals surface area contributed by atoms with E-state index in [9.17, 15) is 14.4 Å². The number of rotatable bonds is 6. The number of benzene rings is 1. The Kier molecular flexibility index (Phi) is 5.56. The number of nitrogens with one attached hydrogen (secondary N) is 1. The number of carboxylic acids is 1. The van der Waals surface area contributed by atoms with E-state index < -0.39 is 12.6 Å². The Morgan fingerprint density at radius 2 is 2.22 bits per heavy atom. The first-order valence-corrected chi connectivity index (χ1v) is 7.41. The summed E-state index contributed by atoms with van der Waals surface area (Å²) in [7, 11) is 1.74. The van der Waals surface area contributed by atoms with Gasteiger partial charge in [-0.05, 0) is 24.1 Å². The molecule has 0 bridgehead atoms. The second-order valence-electron chi connectivity index (χ2n) is 5.55. The highest BCUT2D eigenvalue weighted by Gasteiger charge is 2.28. The van der Waals surface area contributed by atoms with Crippen molar-refractivity contribution >= 4 is 17.8 Å². The molecule has 2 amide bonds. The third-order valence-corrected chi connectivity index (χ3v) is 3.76. The van der Waals surface area contributed by atoms with Gasteiger partial charge < -0.3 is 20.1 Å². The number of aliphatic carboxylic acids is 1. The van der Waals surface area contributed by atoms with E-state index in [-0.39, 0.29) is 24.2 Å². The number of nitrogens with zero attached hydrogens (tertiary/aromatic N) is 1. The van der Waals surface area contributed by atoms with Gasteiger partial charge in [-0.3, -0.25) is 9.59 Å². The summed E-state index contributed by atoms with van der Waals surface area (Å²) >= 11 is 0. The third kappa shape index (κ3) is 4.98. The summed E-state index contributed by atoms with van der Waals surface area (Å²) < 4.78 is 5.09. The Hall–Kier alpha value is -2.57. The Morgan fingerprint density at radius 3 is 2.91 bits per heavy atom. The van der Waals surface area contributed by atoms with E-state index in [1.807, 2.05) is 6.07 Å². The molecule has 0 spiro atoms. The molecule has 124 valence electrons. The maximum absolute atomic E-state index is 12.1. The van der Waals surface area contributed by atoms with Gasteiger partial charge in [-0.25, -0.2) is 4.79 Å². The Morgan fingerprint density at radius 1 is 1.43 bits per heavy atom. The summed E-state index contributed by atoms with van der Waals surface area (Å²) in [6, 6.07) is 6.89. The predicted molar refractivity (Wildman–Crippen MR) is 81.8 cm³/mol. The first-order valence-electron chi connectivity index (χ1n) is 7.41. The minimum atomic E-state index is -1.05. The first kappa shape index (κ1) is 16.8. The van der Waals surface area contributed by atoms with Gasteiger partial charge in [-0.15, -0.1) is 0 Å². The summed E-state index contributed by atoms with van der Waals surface area (Å²) in [5.41, 5.74) is 0.806. The Bertz CT molecular complexity index is 602. The molecule has 1 aliphatic heterocycles. The van der Waals surface area contributed by atoms with Gasteiger partial charge in [0.15, 0.2) is 6.61 Å². The molecule has 0 aliphatic carbocycles. The van der Waals surface area contributed by atoms with Crippen LogP contribution in [0.4, 0.5) is 0 Å². The Balaban J connectivity index is 1.85. The number of carbonyl (C=O) groups is 3. The molecule has 0 radical (unpaired) electrons. The van der Waals surface area contributed by atoms with E-state index in [0.29, 0.717) is 25.3 Å². The maximum Gasteiger partial charge on any atom is 0.341 e. The van der Waals surface area contributed by atoms with Crippen LogP contribution in [0.1, 0.15) is 18.4 Å². The lowest BCUT2D eigenvalue weighted by Crippen LogP contribution is -2.41. The fourth-order valence-electron chi connectivity index (χ4n) is 2.39. The van der Waals surface area contributed by atoms with Crippen molar-refractivity contribution in [3.63, 3.8) is 0 Å². The second-order valence-corrected chi connectivity index (χ2v) is 5.55. The topological polar surface area (TPSA) is 95.9 Å². The van der Waals surface area contributed by atoms with Crippen molar-refractivity contribution < 1.29 is 24.2 Å². The zero-order valence-electron chi connectivity index (χ0n) is 12.9. The fraction of sp³-hybridized carbons (Fsp3) is 0.438. The molecule has 7 heteroatoms. The number of ether oxygens (including phenoxy) is 1. The lowest BCUT2D eigenvalue weighted by atomic mass is 9.95. The normalized spacial score (nSPS) is 17.7. The molecule has 1 aromatic rings. The summed E-state index contributed by atoms with van der Waals surface area (Å²) in [5, 5.41) is 11.4. The van der Waals surface area contributed by atoms with Crippen LogP contribution in [0.25, 0.3) is 0 Å². The summed E-state index contributed by atoms with van der Waals surface area (Å²) in [4.78, 5) is 35.9. The minimum absolute atomic E-state index is 0.0135. The standard InChI is InChI=1S/C16H20N2O5/c1-18-6-5-12(8-14(18)19)16(22)17-9-11-3-2-4-13(7-11)23-10-15(20)21/h2-4,7,12H,5-6,8-10H2,1H3,(H,17,22)(H,20,21)/t12-/m1/s1. The van der Waals surface area contributed by atoms with E-state index in [4.69, 9.17) is 9.84 Å². The highest BCUT2D eigenvalue weighted by molar-refractivity contribution is 5.86. The minimum Gasteiger partial charge on any atom is -0.482 e. The van der Waals surface area contributed by atoms with E-state index in [0.717, 1.165) is 5.56 Å². The van der Waals surface area contributed by atoms with Gasteiger partial charge in [0, 0.05) is 32.5 Å². The van der Waals surface area contributed by atoms with Crippen molar-refractivity contribution in [1.82, 2.24) is 10.2 Å². The molecule has 1 aliphatic rings. The molecule has 1 fully saturated rings.